The molecule has 2 heterocycles. The molecule has 0 aromatic rings. The van der Waals surface area contributed by atoms with Crippen LogP contribution in [0.2, 0.25) is 0 Å². The van der Waals surface area contributed by atoms with Crippen molar-refractivity contribution in [2.24, 2.45) is 11.8 Å². The maximum Gasteiger partial charge on any atom is 0.410 e. The van der Waals surface area contributed by atoms with Gasteiger partial charge in [-0.25, -0.2) is 9.59 Å². The van der Waals surface area contributed by atoms with Gasteiger partial charge in [-0.05, 0) is 91.9 Å². The molecule has 2 amide bonds. The number of carbonyl (C=O) groups excluding carboxylic acids is 2. The van der Waals surface area contributed by atoms with Gasteiger partial charge in [-0.15, -0.1) is 0 Å². The number of hydrogen-bond acceptors (Lipinski definition) is 6. The Morgan fingerprint density at radius 1 is 0.818 bits per heavy atom. The molecule has 0 spiro atoms. The lowest BCUT2D eigenvalue weighted by atomic mass is 9.95. The van der Waals surface area contributed by atoms with Crippen molar-refractivity contribution in [3.63, 3.8) is 0 Å². The minimum Gasteiger partial charge on any atom is -0.444 e. The van der Waals surface area contributed by atoms with Gasteiger partial charge >= 0.3 is 12.2 Å². The number of hydrogen-bond donors (Lipinski definition) is 1. The van der Waals surface area contributed by atoms with Gasteiger partial charge in [-0.3, -0.25) is 0 Å². The second-order valence-electron chi connectivity index (χ2n) is 11.2. The summed E-state index contributed by atoms with van der Waals surface area (Å²) in [6.45, 7) is 15.4. The first-order chi connectivity index (χ1) is 15.3. The standard InChI is InChI=1S/C13H25NO3.C12H23NO3/c1-13(2,3)17-12(15)14-8-5-6-11(10-14)7-9-16-4;1-12(2,3)16-11(15)13-7-4-5-10(9-13)6-8-14/h11H,5-10H2,1-4H3;10,14H,4-9H2,1-3H3/t11-;10-/m00/s1. The number of likely N-dealkylation sites (tertiary alicyclic amines) is 2. The molecule has 1 N–H and O–H groups in total. The Bertz CT molecular complexity index is 582. The van der Waals surface area contributed by atoms with E-state index in [4.69, 9.17) is 19.3 Å². The molecule has 2 aliphatic rings. The third-order valence-corrected chi connectivity index (χ3v) is 5.61. The Morgan fingerprint density at radius 3 is 1.61 bits per heavy atom. The third-order valence-electron chi connectivity index (χ3n) is 5.61. The fourth-order valence-electron chi connectivity index (χ4n) is 4.05. The van der Waals surface area contributed by atoms with Crippen LogP contribution in [0, 0.1) is 11.8 Å². The molecule has 8 heteroatoms. The van der Waals surface area contributed by atoms with Crippen molar-refractivity contribution in [2.45, 2.75) is 91.3 Å². The Hall–Kier alpha value is -1.54. The van der Waals surface area contributed by atoms with Gasteiger partial charge in [0, 0.05) is 46.5 Å². The van der Waals surface area contributed by atoms with Gasteiger partial charge in [0.25, 0.3) is 0 Å². The molecular formula is C25H48N2O6. The molecule has 2 fully saturated rings. The number of ether oxygens (including phenoxy) is 3. The number of carbonyl (C=O) groups is 2. The van der Waals surface area contributed by atoms with Crippen molar-refractivity contribution >= 4 is 12.2 Å². The first kappa shape index (κ1) is 29.5. The number of aliphatic hydroxyl groups is 1. The first-order valence-electron chi connectivity index (χ1n) is 12.4. The molecule has 0 radical (unpaired) electrons. The van der Waals surface area contributed by atoms with E-state index in [2.05, 4.69) is 0 Å². The van der Waals surface area contributed by atoms with Crippen molar-refractivity contribution in [1.82, 2.24) is 9.80 Å². The first-order valence-corrected chi connectivity index (χ1v) is 12.4. The summed E-state index contributed by atoms with van der Waals surface area (Å²) in [5.41, 5.74) is -0.836. The molecule has 2 aliphatic heterocycles. The molecule has 2 rings (SSSR count). The van der Waals surface area contributed by atoms with E-state index in [1.807, 2.05) is 46.4 Å². The molecule has 0 saturated carbocycles. The van der Waals surface area contributed by atoms with Crippen LogP contribution in [0.15, 0.2) is 0 Å². The van der Waals surface area contributed by atoms with Gasteiger partial charge in [0.1, 0.15) is 11.2 Å². The zero-order valence-corrected chi connectivity index (χ0v) is 22.0. The van der Waals surface area contributed by atoms with Gasteiger partial charge < -0.3 is 29.1 Å². The molecule has 2 saturated heterocycles. The quantitative estimate of drug-likeness (QED) is 0.625. The zero-order chi connectivity index (χ0) is 25.1. The minimum atomic E-state index is -0.430. The predicted molar refractivity (Wildman–Crippen MR) is 129 cm³/mol. The van der Waals surface area contributed by atoms with Crippen LogP contribution in [0.4, 0.5) is 9.59 Å². The van der Waals surface area contributed by atoms with Gasteiger partial charge in [0.15, 0.2) is 0 Å². The normalized spacial score (nSPS) is 21.7. The zero-order valence-electron chi connectivity index (χ0n) is 22.0. The van der Waals surface area contributed by atoms with Crippen LogP contribution in [0.5, 0.6) is 0 Å². The molecule has 0 unspecified atom stereocenters. The van der Waals surface area contributed by atoms with E-state index in [0.29, 0.717) is 11.8 Å². The number of aliphatic hydroxyl groups excluding tert-OH is 1. The lowest BCUT2D eigenvalue weighted by Crippen LogP contribution is -2.43. The van der Waals surface area contributed by atoms with Gasteiger partial charge in [0.05, 0.1) is 0 Å². The molecular weight excluding hydrogens is 424 g/mol. The topological polar surface area (TPSA) is 88.5 Å². The Kier molecular flexibility index (Phi) is 12.5. The van der Waals surface area contributed by atoms with Crippen molar-refractivity contribution in [3.8, 4) is 0 Å². The third kappa shape index (κ3) is 13.1. The van der Waals surface area contributed by atoms with E-state index >= 15 is 0 Å². The van der Waals surface area contributed by atoms with Crippen molar-refractivity contribution in [2.75, 3.05) is 46.5 Å². The summed E-state index contributed by atoms with van der Waals surface area (Å²) in [6, 6.07) is 0. The van der Waals surface area contributed by atoms with E-state index in [-0.39, 0.29) is 18.8 Å². The number of nitrogens with zero attached hydrogens (tertiary/aromatic N) is 2. The molecule has 194 valence electrons. The smallest absolute Gasteiger partial charge is 0.410 e. The lowest BCUT2D eigenvalue weighted by molar-refractivity contribution is 0.0141. The SMILES string of the molecule is CC(C)(C)OC(=O)N1CCC[C@@H](CCO)C1.COCC[C@@H]1CCCN(C(=O)OC(C)(C)C)C1. The lowest BCUT2D eigenvalue weighted by Gasteiger charge is -2.34. The van der Waals surface area contributed by atoms with E-state index in [0.717, 1.165) is 64.9 Å². The summed E-state index contributed by atoms with van der Waals surface area (Å²) in [6.07, 6.45) is 5.74. The minimum absolute atomic E-state index is 0.181. The highest BCUT2D eigenvalue weighted by Crippen LogP contribution is 2.22. The molecule has 33 heavy (non-hydrogen) atoms. The second kappa shape index (κ2) is 14.0. The van der Waals surface area contributed by atoms with Gasteiger partial charge in [-0.1, -0.05) is 0 Å². The number of rotatable bonds is 5. The number of amides is 2. The molecule has 0 aromatic carbocycles. The van der Waals surface area contributed by atoms with E-state index < -0.39 is 11.2 Å². The fourth-order valence-corrected chi connectivity index (χ4v) is 4.05. The maximum absolute atomic E-state index is 11.9. The summed E-state index contributed by atoms with van der Waals surface area (Å²) in [5.74, 6) is 0.975. The maximum atomic E-state index is 11.9. The van der Waals surface area contributed by atoms with E-state index in [1.54, 1.807) is 12.0 Å². The average molecular weight is 473 g/mol. The highest BCUT2D eigenvalue weighted by molar-refractivity contribution is 5.68. The fraction of sp³-hybridized carbons (Fsp3) is 0.920. The van der Waals surface area contributed by atoms with Crippen LogP contribution >= 0.6 is 0 Å². The summed E-state index contributed by atoms with van der Waals surface area (Å²) in [5, 5.41) is 8.90. The molecule has 0 aromatic heterocycles. The van der Waals surface area contributed by atoms with Crippen LogP contribution in [-0.4, -0.2) is 84.8 Å². The van der Waals surface area contributed by atoms with Crippen molar-refractivity contribution < 1.29 is 28.9 Å². The molecule has 0 aliphatic carbocycles. The summed E-state index contributed by atoms with van der Waals surface area (Å²) < 4.78 is 15.8. The highest BCUT2D eigenvalue weighted by Gasteiger charge is 2.28. The second-order valence-corrected chi connectivity index (χ2v) is 11.2. The number of piperidine rings is 2. The average Bonchev–Trinajstić information content (AvgIpc) is 2.71. The van der Waals surface area contributed by atoms with Crippen LogP contribution < -0.4 is 0 Å². The summed E-state index contributed by atoms with van der Waals surface area (Å²) in [4.78, 5) is 27.3. The van der Waals surface area contributed by atoms with Crippen LogP contribution in [0.3, 0.4) is 0 Å². The van der Waals surface area contributed by atoms with E-state index in [9.17, 15) is 9.59 Å². The summed E-state index contributed by atoms with van der Waals surface area (Å²) in [7, 11) is 1.72. The molecule has 2 atom stereocenters. The van der Waals surface area contributed by atoms with Crippen molar-refractivity contribution in [1.29, 1.82) is 0 Å². The van der Waals surface area contributed by atoms with E-state index in [1.165, 1.54) is 6.42 Å². The van der Waals surface area contributed by atoms with Crippen LogP contribution in [-0.2, 0) is 14.2 Å². The Labute approximate surface area is 200 Å². The molecule has 8 nitrogen and oxygen atoms in total. The largest absolute Gasteiger partial charge is 0.444 e. The van der Waals surface area contributed by atoms with Gasteiger partial charge in [-0.2, -0.15) is 0 Å². The predicted octanol–water partition coefficient (Wildman–Crippen LogP) is 4.69. The Balaban J connectivity index is 0.000000331. The molecule has 0 bridgehead atoms. The Morgan fingerprint density at radius 2 is 1.24 bits per heavy atom. The van der Waals surface area contributed by atoms with Crippen molar-refractivity contribution in [3.05, 3.63) is 0 Å². The van der Waals surface area contributed by atoms with Crippen LogP contribution in [0.25, 0.3) is 0 Å². The number of methoxy groups -OCH3 is 1. The monoisotopic (exact) mass is 472 g/mol. The summed E-state index contributed by atoms with van der Waals surface area (Å²) >= 11 is 0. The highest BCUT2D eigenvalue weighted by atomic mass is 16.6. The van der Waals surface area contributed by atoms with Crippen LogP contribution in [0.1, 0.15) is 80.1 Å². The van der Waals surface area contributed by atoms with Gasteiger partial charge in [0.2, 0.25) is 0 Å².